The molecule has 3 atom stereocenters. The largest absolute Gasteiger partial charge is 0.338 e. The van der Waals surface area contributed by atoms with E-state index in [9.17, 15) is 0 Å². The quantitative estimate of drug-likeness (QED) is 0.719. The van der Waals surface area contributed by atoms with E-state index in [1.165, 1.54) is 0 Å². The fourth-order valence-corrected chi connectivity index (χ4v) is 5.29. The van der Waals surface area contributed by atoms with Crippen molar-refractivity contribution in [3.8, 4) is 0 Å². The molecule has 3 unspecified atom stereocenters. The number of benzene rings is 1. The third kappa shape index (κ3) is 2.71. The van der Waals surface area contributed by atoms with Crippen molar-refractivity contribution in [2.45, 2.75) is 31.5 Å². The molecule has 24 heavy (non-hydrogen) atoms. The van der Waals surface area contributed by atoms with Crippen LogP contribution in [0.1, 0.15) is 36.7 Å². The molecule has 0 saturated carbocycles. The van der Waals surface area contributed by atoms with Gasteiger partial charge in [-0.25, -0.2) is 0 Å². The Kier molecular flexibility index (Phi) is 4.46. The summed E-state index contributed by atoms with van der Waals surface area (Å²) in [7, 11) is 0. The van der Waals surface area contributed by atoms with E-state index in [1.807, 2.05) is 54.4 Å². The molecule has 0 N–H and O–H groups in total. The van der Waals surface area contributed by atoms with Crippen LogP contribution in [0.4, 0.5) is 0 Å². The number of nitrogens with zero attached hydrogens (tertiary/aromatic N) is 3. The number of halogens is 2. The van der Waals surface area contributed by atoms with E-state index in [2.05, 4.69) is 16.8 Å². The van der Waals surface area contributed by atoms with Crippen molar-refractivity contribution in [1.29, 1.82) is 0 Å². The number of hydrogen-bond donors (Lipinski definition) is 0. The molecule has 1 aromatic carbocycles. The molecule has 3 nitrogen and oxygen atoms in total. The van der Waals surface area contributed by atoms with Crippen LogP contribution in [-0.2, 0) is 0 Å². The third-order valence-electron chi connectivity index (χ3n) is 4.61. The van der Waals surface area contributed by atoms with Crippen LogP contribution >= 0.6 is 35.0 Å². The molecular formula is C18H17Cl2N3S. The Morgan fingerprint density at radius 2 is 2.12 bits per heavy atom. The van der Waals surface area contributed by atoms with Crippen molar-refractivity contribution in [2.24, 2.45) is 4.99 Å². The van der Waals surface area contributed by atoms with Gasteiger partial charge in [0, 0.05) is 28.0 Å². The average molecular weight is 378 g/mol. The van der Waals surface area contributed by atoms with Gasteiger partial charge in [0.2, 0.25) is 0 Å². The number of amidine groups is 1. The monoisotopic (exact) mass is 377 g/mol. The second-order valence-corrected chi connectivity index (χ2v) is 7.83. The van der Waals surface area contributed by atoms with Gasteiger partial charge in [-0.3, -0.25) is 9.98 Å². The summed E-state index contributed by atoms with van der Waals surface area (Å²) in [6.07, 6.45) is 2.91. The van der Waals surface area contributed by atoms with E-state index < -0.39 is 0 Å². The van der Waals surface area contributed by atoms with E-state index in [0.29, 0.717) is 16.1 Å². The van der Waals surface area contributed by atoms with E-state index in [4.69, 9.17) is 28.2 Å². The lowest BCUT2D eigenvalue weighted by Gasteiger charge is -2.32. The van der Waals surface area contributed by atoms with Gasteiger partial charge >= 0.3 is 0 Å². The van der Waals surface area contributed by atoms with Gasteiger partial charge in [0.15, 0.2) is 5.17 Å². The predicted octanol–water partition coefficient (Wildman–Crippen LogP) is 5.37. The van der Waals surface area contributed by atoms with Gasteiger partial charge in [0.25, 0.3) is 0 Å². The highest BCUT2D eigenvalue weighted by atomic mass is 35.5. The molecule has 2 aromatic rings. The molecule has 3 heterocycles. The molecule has 124 valence electrons. The van der Waals surface area contributed by atoms with Crippen LogP contribution in [0.2, 0.25) is 10.0 Å². The van der Waals surface area contributed by atoms with Crippen molar-refractivity contribution in [3.63, 3.8) is 0 Å². The highest BCUT2D eigenvalue weighted by Gasteiger charge is 2.46. The summed E-state index contributed by atoms with van der Waals surface area (Å²) in [5, 5.41) is 2.45. The van der Waals surface area contributed by atoms with E-state index >= 15 is 0 Å². The minimum absolute atomic E-state index is 0.0401. The van der Waals surface area contributed by atoms with E-state index in [-0.39, 0.29) is 12.1 Å². The molecule has 2 aliphatic rings. The second-order valence-electron chi connectivity index (χ2n) is 6.00. The van der Waals surface area contributed by atoms with Crippen molar-refractivity contribution < 1.29 is 0 Å². The first-order valence-electron chi connectivity index (χ1n) is 8.04. The molecule has 2 aliphatic heterocycles. The summed E-state index contributed by atoms with van der Waals surface area (Å²) < 4.78 is 0. The number of fused-ring (bicyclic) bond motifs is 1. The Bertz CT molecular complexity index is 781. The minimum Gasteiger partial charge on any atom is -0.338 e. The van der Waals surface area contributed by atoms with Gasteiger partial charge < -0.3 is 4.90 Å². The first-order chi connectivity index (χ1) is 11.7. The molecule has 0 spiro atoms. The standard InChI is InChI=1S/C18H17Cl2N3S/c1-2-12-10-24-18-22-16(15-5-3-4-8-21-15)17(23(12)18)13-7-6-11(19)9-14(13)20/h3-9,12,16-17H,2,10H2,1H3. The molecule has 4 rings (SSSR count). The van der Waals surface area contributed by atoms with Gasteiger partial charge in [-0.05, 0) is 36.2 Å². The summed E-state index contributed by atoms with van der Waals surface area (Å²) in [6.45, 7) is 2.22. The van der Waals surface area contributed by atoms with Crippen LogP contribution in [0.3, 0.4) is 0 Å². The van der Waals surface area contributed by atoms with Crippen molar-refractivity contribution in [1.82, 2.24) is 9.88 Å². The summed E-state index contributed by atoms with van der Waals surface area (Å²) in [4.78, 5) is 12.0. The maximum absolute atomic E-state index is 6.55. The SMILES string of the molecule is CCC1CSC2=NC(c3ccccn3)C(c3ccc(Cl)cc3Cl)N21. The molecule has 1 fully saturated rings. The number of pyridine rings is 1. The molecule has 0 aliphatic carbocycles. The zero-order chi connectivity index (χ0) is 16.7. The van der Waals surface area contributed by atoms with E-state index in [1.54, 1.807) is 0 Å². The Labute approximate surface area is 156 Å². The minimum atomic E-state index is -0.0401. The zero-order valence-electron chi connectivity index (χ0n) is 13.2. The maximum atomic E-state index is 6.55. The van der Waals surface area contributed by atoms with Crippen molar-refractivity contribution in [2.75, 3.05) is 5.75 Å². The smallest absolute Gasteiger partial charge is 0.160 e. The van der Waals surface area contributed by atoms with E-state index in [0.717, 1.165) is 28.6 Å². The number of hydrogen-bond acceptors (Lipinski definition) is 4. The lowest BCUT2D eigenvalue weighted by Crippen LogP contribution is -2.35. The molecule has 1 aromatic heterocycles. The molecule has 0 bridgehead atoms. The molecule has 0 amide bonds. The lowest BCUT2D eigenvalue weighted by molar-refractivity contribution is 0.255. The average Bonchev–Trinajstić information content (AvgIpc) is 3.15. The Morgan fingerprint density at radius 1 is 1.25 bits per heavy atom. The number of aliphatic imine (C=N–C) groups is 1. The van der Waals surface area contributed by atoms with Crippen LogP contribution in [0, 0.1) is 0 Å². The predicted molar refractivity (Wildman–Crippen MR) is 102 cm³/mol. The van der Waals surface area contributed by atoms with Crippen LogP contribution in [0.15, 0.2) is 47.6 Å². The highest BCUT2D eigenvalue weighted by molar-refractivity contribution is 8.14. The third-order valence-corrected chi connectivity index (χ3v) is 6.30. The van der Waals surface area contributed by atoms with Crippen molar-refractivity contribution in [3.05, 3.63) is 63.9 Å². The zero-order valence-corrected chi connectivity index (χ0v) is 15.5. The van der Waals surface area contributed by atoms with Crippen LogP contribution in [0.25, 0.3) is 0 Å². The van der Waals surface area contributed by atoms with Gasteiger partial charge in [-0.15, -0.1) is 0 Å². The molecule has 0 radical (unpaired) electrons. The fraction of sp³-hybridized carbons (Fsp3) is 0.333. The van der Waals surface area contributed by atoms with Crippen LogP contribution in [0.5, 0.6) is 0 Å². The fourth-order valence-electron chi connectivity index (χ4n) is 3.43. The number of rotatable bonds is 3. The van der Waals surface area contributed by atoms with Gasteiger partial charge in [0.05, 0.1) is 11.7 Å². The van der Waals surface area contributed by atoms with Gasteiger partial charge in [-0.1, -0.05) is 54.0 Å². The molecular weight excluding hydrogens is 361 g/mol. The maximum Gasteiger partial charge on any atom is 0.160 e. The Morgan fingerprint density at radius 3 is 2.83 bits per heavy atom. The Balaban J connectivity index is 1.82. The van der Waals surface area contributed by atoms with Gasteiger partial charge in [0.1, 0.15) is 6.04 Å². The van der Waals surface area contributed by atoms with Crippen LogP contribution < -0.4 is 0 Å². The topological polar surface area (TPSA) is 28.5 Å². The van der Waals surface area contributed by atoms with Crippen molar-refractivity contribution >= 4 is 40.1 Å². The second kappa shape index (κ2) is 6.58. The first kappa shape index (κ1) is 16.2. The summed E-state index contributed by atoms with van der Waals surface area (Å²) in [5.74, 6) is 1.08. The number of aromatic nitrogens is 1. The van der Waals surface area contributed by atoms with Gasteiger partial charge in [-0.2, -0.15) is 0 Å². The Hall–Kier alpha value is -1.23. The molecule has 1 saturated heterocycles. The summed E-state index contributed by atoms with van der Waals surface area (Å²) in [5.41, 5.74) is 2.04. The normalized spacial score (nSPS) is 25.7. The highest BCUT2D eigenvalue weighted by Crippen LogP contribution is 2.50. The summed E-state index contributed by atoms with van der Waals surface area (Å²) >= 11 is 14.5. The summed E-state index contributed by atoms with van der Waals surface area (Å²) in [6, 6.07) is 12.2. The van der Waals surface area contributed by atoms with Crippen LogP contribution in [-0.4, -0.2) is 26.8 Å². The lowest BCUT2D eigenvalue weighted by atomic mass is 9.95. The molecule has 6 heteroatoms. The number of thioether (sulfide) groups is 1. The first-order valence-corrected chi connectivity index (χ1v) is 9.78.